The number of nitrogens with zero attached hydrogens (tertiary/aromatic N) is 2. The van der Waals surface area contributed by atoms with Crippen LogP contribution in [0.3, 0.4) is 0 Å². The van der Waals surface area contributed by atoms with Gasteiger partial charge in [-0.05, 0) is 6.07 Å². The Morgan fingerprint density at radius 3 is 2.42 bits per heavy atom. The van der Waals surface area contributed by atoms with Crippen LogP contribution < -0.4 is 5.32 Å². The molecule has 1 fully saturated rings. The Kier molecular flexibility index (Phi) is 6.11. The van der Waals surface area contributed by atoms with E-state index < -0.39 is 44.4 Å². The number of nitrogens with one attached hydrogen (secondary N) is 1. The first-order valence-electron chi connectivity index (χ1n) is 7.59. The largest absolute Gasteiger partial charge is 0.416 e. The molecule has 1 heterocycles. The number of carbonyl (C=O) groups is 1. The molecule has 1 saturated heterocycles. The molecule has 8 nitrogen and oxygen atoms in total. The Hall–Kier alpha value is -1.89. The van der Waals surface area contributed by atoms with Crippen LogP contribution in [0.2, 0.25) is 0 Å². The van der Waals surface area contributed by atoms with Gasteiger partial charge in [0.15, 0.2) is 0 Å². The second-order valence-electron chi connectivity index (χ2n) is 5.83. The number of amides is 1. The van der Waals surface area contributed by atoms with Gasteiger partial charge in [0, 0.05) is 43.9 Å². The van der Waals surface area contributed by atoms with Crippen molar-refractivity contribution in [3.05, 3.63) is 39.4 Å². The van der Waals surface area contributed by atoms with Gasteiger partial charge in [-0.15, -0.1) is 0 Å². The van der Waals surface area contributed by atoms with E-state index in [0.717, 1.165) is 6.07 Å². The standard InChI is InChI=1S/C14H18F3N3O5S/c15-14(16,17)11-7-10(8-12(9-11)20(22)23)13(21)18-1-2-19-3-5-26(24,25)6-4-19/h7-9,24-25H,1-6H2,(H,18,21). The van der Waals surface area contributed by atoms with Crippen molar-refractivity contribution < 1.29 is 32.0 Å². The van der Waals surface area contributed by atoms with Crippen molar-refractivity contribution in [2.24, 2.45) is 0 Å². The quantitative estimate of drug-likeness (QED) is 0.519. The predicted octanol–water partition coefficient (Wildman–Crippen LogP) is 2.41. The topological polar surface area (TPSA) is 116 Å². The van der Waals surface area contributed by atoms with E-state index in [1.54, 1.807) is 0 Å². The molecule has 2 rings (SSSR count). The third-order valence-corrected chi connectivity index (χ3v) is 5.57. The van der Waals surface area contributed by atoms with E-state index in [9.17, 15) is 37.2 Å². The van der Waals surface area contributed by atoms with Crippen LogP contribution in [0.15, 0.2) is 18.2 Å². The molecule has 146 valence electrons. The summed E-state index contributed by atoms with van der Waals surface area (Å²) in [6, 6.07) is 1.74. The van der Waals surface area contributed by atoms with Gasteiger partial charge in [0.25, 0.3) is 11.6 Å². The first-order chi connectivity index (χ1) is 12.0. The number of nitro groups is 1. The molecule has 1 aromatic carbocycles. The minimum absolute atomic E-state index is 0.113. The van der Waals surface area contributed by atoms with Crippen LogP contribution in [0.4, 0.5) is 18.9 Å². The van der Waals surface area contributed by atoms with Crippen LogP contribution in [0.5, 0.6) is 0 Å². The summed E-state index contributed by atoms with van der Waals surface area (Å²) < 4.78 is 57.5. The highest BCUT2D eigenvalue weighted by Crippen LogP contribution is 2.40. The fraction of sp³-hybridized carbons (Fsp3) is 0.500. The average molecular weight is 397 g/mol. The maximum Gasteiger partial charge on any atom is 0.416 e. The second-order valence-corrected chi connectivity index (χ2v) is 8.25. The number of hydrogen-bond donors (Lipinski definition) is 3. The maximum absolute atomic E-state index is 12.8. The monoisotopic (exact) mass is 397 g/mol. The molecule has 0 saturated carbocycles. The summed E-state index contributed by atoms with van der Waals surface area (Å²) in [5.74, 6) is -0.373. The van der Waals surface area contributed by atoms with Crippen molar-refractivity contribution >= 4 is 22.2 Å². The van der Waals surface area contributed by atoms with Crippen molar-refractivity contribution in [2.45, 2.75) is 6.18 Å². The van der Waals surface area contributed by atoms with Gasteiger partial charge in [0.2, 0.25) is 0 Å². The van der Waals surface area contributed by atoms with Crippen molar-refractivity contribution in [1.82, 2.24) is 10.2 Å². The molecule has 0 atom stereocenters. The first-order valence-corrected chi connectivity index (χ1v) is 9.47. The van der Waals surface area contributed by atoms with E-state index in [4.69, 9.17) is 0 Å². The Labute approximate surface area is 148 Å². The number of rotatable bonds is 5. The molecule has 0 aliphatic carbocycles. The summed E-state index contributed by atoms with van der Waals surface area (Å²) in [6.07, 6.45) is -4.81. The Bertz CT molecular complexity index is 689. The molecular weight excluding hydrogens is 379 g/mol. The van der Waals surface area contributed by atoms with E-state index >= 15 is 0 Å². The van der Waals surface area contributed by atoms with Crippen molar-refractivity contribution in [1.29, 1.82) is 0 Å². The molecule has 1 aliphatic heterocycles. The number of halogens is 3. The van der Waals surface area contributed by atoms with Gasteiger partial charge in [0.1, 0.15) is 0 Å². The molecular formula is C14H18F3N3O5S. The molecule has 0 aromatic heterocycles. The normalized spacial score (nSPS) is 19.0. The van der Waals surface area contributed by atoms with E-state index in [1.807, 2.05) is 4.90 Å². The second kappa shape index (κ2) is 7.78. The fourth-order valence-corrected chi connectivity index (χ4v) is 3.73. The van der Waals surface area contributed by atoms with Gasteiger partial charge in [0.05, 0.1) is 22.0 Å². The van der Waals surface area contributed by atoms with Crippen LogP contribution in [0.25, 0.3) is 0 Å². The van der Waals surface area contributed by atoms with E-state index in [0.29, 0.717) is 31.8 Å². The number of benzene rings is 1. The predicted molar refractivity (Wildman–Crippen MR) is 89.5 cm³/mol. The number of alkyl halides is 3. The lowest BCUT2D eigenvalue weighted by Crippen LogP contribution is -2.42. The van der Waals surface area contributed by atoms with Gasteiger partial charge in [-0.2, -0.15) is 23.8 Å². The Morgan fingerprint density at radius 2 is 1.88 bits per heavy atom. The molecule has 3 N–H and O–H groups in total. The average Bonchev–Trinajstić information content (AvgIpc) is 2.55. The maximum atomic E-state index is 12.8. The van der Waals surface area contributed by atoms with E-state index in [-0.39, 0.29) is 18.1 Å². The summed E-state index contributed by atoms with van der Waals surface area (Å²) in [7, 11) is -2.53. The molecule has 0 unspecified atom stereocenters. The molecule has 0 radical (unpaired) electrons. The van der Waals surface area contributed by atoms with Crippen LogP contribution in [0, 0.1) is 10.1 Å². The van der Waals surface area contributed by atoms with Crippen LogP contribution in [0.1, 0.15) is 15.9 Å². The highest BCUT2D eigenvalue weighted by molar-refractivity contribution is 8.24. The van der Waals surface area contributed by atoms with Crippen molar-refractivity contribution in [2.75, 3.05) is 37.7 Å². The Morgan fingerprint density at radius 1 is 1.27 bits per heavy atom. The molecule has 26 heavy (non-hydrogen) atoms. The molecule has 1 aliphatic rings. The molecule has 0 spiro atoms. The number of non-ortho nitro benzene ring substituents is 1. The molecule has 1 aromatic rings. The number of nitro benzene ring substituents is 1. The summed E-state index contributed by atoms with van der Waals surface area (Å²) in [4.78, 5) is 23.7. The van der Waals surface area contributed by atoms with Crippen molar-refractivity contribution in [3.8, 4) is 0 Å². The summed E-state index contributed by atoms with van der Waals surface area (Å²) in [5, 5.41) is 13.2. The van der Waals surface area contributed by atoms with Gasteiger partial charge in [-0.1, -0.05) is 0 Å². The highest BCUT2D eigenvalue weighted by atomic mass is 32.3. The molecule has 0 bridgehead atoms. The highest BCUT2D eigenvalue weighted by Gasteiger charge is 2.33. The summed E-state index contributed by atoms with van der Waals surface area (Å²) >= 11 is 0. The van der Waals surface area contributed by atoms with Crippen LogP contribution >= 0.6 is 10.6 Å². The lowest BCUT2D eigenvalue weighted by molar-refractivity contribution is -0.385. The van der Waals surface area contributed by atoms with Gasteiger partial charge >= 0.3 is 6.18 Å². The third kappa shape index (κ3) is 5.56. The number of hydrogen-bond acceptors (Lipinski definition) is 6. The zero-order valence-electron chi connectivity index (χ0n) is 13.5. The Balaban J connectivity index is 1.98. The molecule has 12 heteroatoms. The SMILES string of the molecule is O=C(NCCN1CCS(O)(O)CC1)c1cc([N+](=O)[O-])cc(C(F)(F)F)c1. The summed E-state index contributed by atoms with van der Waals surface area (Å²) in [5.41, 5.74) is -2.52. The summed E-state index contributed by atoms with van der Waals surface area (Å²) in [6.45, 7) is 1.37. The lowest BCUT2D eigenvalue weighted by Gasteiger charge is -2.40. The van der Waals surface area contributed by atoms with E-state index in [2.05, 4.69) is 5.32 Å². The number of carbonyl (C=O) groups excluding carboxylic acids is 1. The van der Waals surface area contributed by atoms with Gasteiger partial charge in [-0.25, -0.2) is 0 Å². The first kappa shape index (κ1) is 20.4. The van der Waals surface area contributed by atoms with Crippen molar-refractivity contribution in [3.63, 3.8) is 0 Å². The minimum atomic E-state index is -4.81. The lowest BCUT2D eigenvalue weighted by atomic mass is 10.1. The third-order valence-electron chi connectivity index (χ3n) is 3.90. The zero-order chi connectivity index (χ0) is 19.5. The van der Waals surface area contributed by atoms with Gasteiger partial charge in [-0.3, -0.25) is 28.9 Å². The fourth-order valence-electron chi connectivity index (χ4n) is 2.43. The van der Waals surface area contributed by atoms with Crippen LogP contribution in [-0.4, -0.2) is 62.5 Å². The minimum Gasteiger partial charge on any atom is -0.351 e. The van der Waals surface area contributed by atoms with Crippen LogP contribution in [-0.2, 0) is 6.18 Å². The van der Waals surface area contributed by atoms with E-state index in [1.165, 1.54) is 0 Å². The smallest absolute Gasteiger partial charge is 0.351 e. The van der Waals surface area contributed by atoms with Gasteiger partial charge < -0.3 is 5.32 Å². The zero-order valence-corrected chi connectivity index (χ0v) is 14.3. The molecule has 1 amide bonds.